The van der Waals surface area contributed by atoms with E-state index in [9.17, 15) is 35.9 Å². The molecule has 0 spiro atoms. The first-order valence-electron chi connectivity index (χ1n) is 17.2. The van der Waals surface area contributed by atoms with E-state index in [1.54, 1.807) is 24.3 Å². The molecule has 0 fully saturated rings. The molecule has 14 heteroatoms. The third-order valence-electron chi connectivity index (χ3n) is 7.90. The summed E-state index contributed by atoms with van der Waals surface area (Å²) < 4.78 is 97.5. The Hall–Kier alpha value is -4.04. The zero-order valence-electron chi connectivity index (χ0n) is 29.2. The predicted octanol–water partition coefficient (Wildman–Crippen LogP) is 8.41. The summed E-state index contributed by atoms with van der Waals surface area (Å²) in [6.45, 7) is 5.47. The van der Waals surface area contributed by atoms with E-state index in [0.29, 0.717) is 62.9 Å². The van der Waals surface area contributed by atoms with Crippen LogP contribution in [0.1, 0.15) is 75.3 Å². The molecule has 0 aliphatic rings. The SMILES string of the molecule is C=C(CO)C(=O)OCCOc1ccc(CCCCCCC(F)(F)F)c(-c2cc(OCCOC(=O)C(=C)CO)ccc2CCCCCCC(F)(F)F)c1. The second-order valence-electron chi connectivity index (χ2n) is 12.2. The molecule has 0 aromatic heterocycles. The Morgan fingerprint density at radius 1 is 0.558 bits per heavy atom. The number of carbonyl (C=O) groups excluding carboxylic acids is 2. The number of unbranched alkanes of at least 4 members (excludes halogenated alkanes) is 6. The molecule has 0 saturated carbocycles. The number of aliphatic hydroxyl groups excluding tert-OH is 2. The maximum Gasteiger partial charge on any atom is 0.389 e. The quantitative estimate of drug-likeness (QED) is 0.0451. The molecule has 0 aliphatic heterocycles. The lowest BCUT2D eigenvalue weighted by atomic mass is 9.90. The number of rotatable bonds is 25. The van der Waals surface area contributed by atoms with Crippen LogP contribution in [0.4, 0.5) is 26.3 Å². The Balaban J connectivity index is 2.33. The first-order chi connectivity index (χ1) is 24.6. The maximum absolute atomic E-state index is 12.6. The lowest BCUT2D eigenvalue weighted by Gasteiger charge is -2.18. The minimum absolute atomic E-state index is 0.0161. The van der Waals surface area contributed by atoms with Crippen LogP contribution in [0.2, 0.25) is 0 Å². The molecule has 8 nitrogen and oxygen atoms in total. The standard InChI is InChI=1S/C38H48F6O8/c1-27(25-45)35(47)51-21-19-49-31-15-13-29(11-7-3-5-9-17-37(39,40)41)33(23-31)34-24-32(50-20-22-52-36(48)28(2)26-46)16-14-30(34)12-8-4-6-10-18-38(42,43)44/h13-16,23-24,45-46H,1-12,17-22,25-26H2. The van der Waals surface area contributed by atoms with Gasteiger partial charge >= 0.3 is 24.3 Å². The van der Waals surface area contributed by atoms with Gasteiger partial charge in [-0.2, -0.15) is 26.3 Å². The van der Waals surface area contributed by atoms with Crippen LogP contribution in [0.25, 0.3) is 11.1 Å². The van der Waals surface area contributed by atoms with Gasteiger partial charge in [0.2, 0.25) is 0 Å². The summed E-state index contributed by atoms with van der Waals surface area (Å²) in [5, 5.41) is 18.1. The van der Waals surface area contributed by atoms with Crippen LogP contribution >= 0.6 is 0 Å². The number of esters is 2. The summed E-state index contributed by atoms with van der Waals surface area (Å²) in [7, 11) is 0. The number of hydrogen-bond acceptors (Lipinski definition) is 8. The molecule has 290 valence electrons. The molecular weight excluding hydrogens is 698 g/mol. The summed E-state index contributed by atoms with van der Waals surface area (Å²) in [6.07, 6.45) is -5.72. The lowest BCUT2D eigenvalue weighted by Crippen LogP contribution is -2.15. The van der Waals surface area contributed by atoms with Crippen LogP contribution in [-0.4, -0.2) is 74.1 Å². The molecule has 0 amide bonds. The van der Waals surface area contributed by atoms with E-state index in [2.05, 4.69) is 13.2 Å². The topological polar surface area (TPSA) is 112 Å². The van der Waals surface area contributed by atoms with Crippen molar-refractivity contribution < 1.29 is 65.1 Å². The Bertz CT molecular complexity index is 1330. The van der Waals surface area contributed by atoms with E-state index in [4.69, 9.17) is 29.2 Å². The molecule has 0 unspecified atom stereocenters. The molecule has 2 aromatic rings. The number of aliphatic hydroxyl groups is 2. The van der Waals surface area contributed by atoms with Gasteiger partial charge in [0, 0.05) is 12.8 Å². The Kier molecular flexibility index (Phi) is 19.3. The first-order valence-corrected chi connectivity index (χ1v) is 17.2. The maximum atomic E-state index is 12.6. The van der Waals surface area contributed by atoms with Crippen LogP contribution < -0.4 is 9.47 Å². The number of carbonyl (C=O) groups is 2. The second-order valence-corrected chi connectivity index (χ2v) is 12.2. The third kappa shape index (κ3) is 17.9. The van der Waals surface area contributed by atoms with E-state index in [1.807, 2.05) is 12.1 Å². The number of ether oxygens (including phenoxy) is 4. The van der Waals surface area contributed by atoms with Crippen LogP contribution in [0.5, 0.6) is 11.5 Å². The highest BCUT2D eigenvalue weighted by Gasteiger charge is 2.26. The molecule has 2 rings (SSSR count). The summed E-state index contributed by atoms with van der Waals surface area (Å²) in [6, 6.07) is 10.7. The van der Waals surface area contributed by atoms with Crippen molar-refractivity contribution in [2.75, 3.05) is 39.6 Å². The number of halogens is 6. The van der Waals surface area contributed by atoms with Crippen molar-refractivity contribution in [3.8, 4) is 22.6 Å². The molecule has 0 radical (unpaired) electrons. The third-order valence-corrected chi connectivity index (χ3v) is 7.90. The molecule has 0 saturated heterocycles. The van der Waals surface area contributed by atoms with Gasteiger partial charge in [-0.25, -0.2) is 9.59 Å². The van der Waals surface area contributed by atoms with E-state index >= 15 is 0 Å². The molecule has 0 aliphatic carbocycles. The number of alkyl halides is 6. The van der Waals surface area contributed by atoms with Gasteiger partial charge in [0.05, 0.1) is 24.4 Å². The smallest absolute Gasteiger partial charge is 0.389 e. The Morgan fingerprint density at radius 2 is 0.923 bits per heavy atom. The lowest BCUT2D eigenvalue weighted by molar-refractivity contribution is -0.141. The van der Waals surface area contributed by atoms with Gasteiger partial charge in [-0.05, 0) is 85.0 Å². The zero-order valence-corrected chi connectivity index (χ0v) is 29.2. The minimum Gasteiger partial charge on any atom is -0.490 e. The van der Waals surface area contributed by atoms with Crippen LogP contribution in [-0.2, 0) is 31.9 Å². The predicted molar refractivity (Wildman–Crippen MR) is 183 cm³/mol. The molecule has 0 heterocycles. The van der Waals surface area contributed by atoms with Crippen molar-refractivity contribution in [3.63, 3.8) is 0 Å². The van der Waals surface area contributed by atoms with Crippen LogP contribution in [0.3, 0.4) is 0 Å². The summed E-state index contributed by atoms with van der Waals surface area (Å²) in [5.74, 6) is -0.654. The molecule has 0 bridgehead atoms. The average Bonchev–Trinajstić information content (AvgIpc) is 3.10. The minimum atomic E-state index is -4.20. The normalized spacial score (nSPS) is 11.6. The first kappa shape index (κ1) is 44.1. The molecular formula is C38H48F6O8. The molecule has 52 heavy (non-hydrogen) atoms. The van der Waals surface area contributed by atoms with Crippen molar-refractivity contribution in [2.24, 2.45) is 0 Å². The monoisotopic (exact) mass is 746 g/mol. The average molecular weight is 747 g/mol. The van der Waals surface area contributed by atoms with Gasteiger partial charge < -0.3 is 29.2 Å². The highest BCUT2D eigenvalue weighted by molar-refractivity contribution is 5.88. The van der Waals surface area contributed by atoms with Crippen molar-refractivity contribution in [3.05, 3.63) is 71.8 Å². The van der Waals surface area contributed by atoms with Gasteiger partial charge in [0.15, 0.2) is 0 Å². The fraction of sp³-hybridized carbons (Fsp3) is 0.526. The van der Waals surface area contributed by atoms with Crippen molar-refractivity contribution in [1.82, 2.24) is 0 Å². The zero-order chi connectivity index (χ0) is 38.6. The van der Waals surface area contributed by atoms with Gasteiger partial charge in [0.1, 0.15) is 37.9 Å². The Morgan fingerprint density at radius 3 is 1.27 bits per heavy atom. The number of aryl methyl sites for hydroxylation is 2. The highest BCUT2D eigenvalue weighted by Crippen LogP contribution is 2.36. The van der Waals surface area contributed by atoms with Crippen LogP contribution in [0.15, 0.2) is 60.7 Å². The molecule has 2 N–H and O–H groups in total. The van der Waals surface area contributed by atoms with Crippen molar-refractivity contribution in [1.29, 1.82) is 0 Å². The van der Waals surface area contributed by atoms with Crippen molar-refractivity contribution in [2.45, 2.75) is 89.4 Å². The van der Waals surface area contributed by atoms with Gasteiger partial charge in [-0.1, -0.05) is 51.0 Å². The Labute approximate surface area is 300 Å². The summed E-state index contributed by atoms with van der Waals surface area (Å²) >= 11 is 0. The molecule has 0 atom stereocenters. The fourth-order valence-electron chi connectivity index (χ4n) is 5.14. The van der Waals surface area contributed by atoms with E-state index in [0.717, 1.165) is 22.3 Å². The van der Waals surface area contributed by atoms with E-state index < -0.39 is 50.3 Å². The van der Waals surface area contributed by atoms with E-state index in [-0.39, 0.29) is 50.4 Å². The van der Waals surface area contributed by atoms with Crippen LogP contribution in [0, 0.1) is 0 Å². The largest absolute Gasteiger partial charge is 0.490 e. The highest BCUT2D eigenvalue weighted by atomic mass is 19.4. The van der Waals surface area contributed by atoms with Gasteiger partial charge in [-0.15, -0.1) is 0 Å². The van der Waals surface area contributed by atoms with E-state index in [1.165, 1.54) is 0 Å². The van der Waals surface area contributed by atoms with Crippen molar-refractivity contribution >= 4 is 11.9 Å². The second kappa shape index (κ2) is 22.8. The summed E-state index contributed by atoms with van der Waals surface area (Å²) in [5.41, 5.74) is 3.06. The molecule has 2 aromatic carbocycles. The number of hydrogen-bond donors (Lipinski definition) is 2. The fourth-order valence-corrected chi connectivity index (χ4v) is 5.14. The van der Waals surface area contributed by atoms with Gasteiger partial charge in [-0.3, -0.25) is 0 Å². The van der Waals surface area contributed by atoms with Gasteiger partial charge in [0.25, 0.3) is 0 Å². The number of benzene rings is 2. The summed E-state index contributed by atoms with van der Waals surface area (Å²) in [4.78, 5) is 23.6.